The van der Waals surface area contributed by atoms with Gasteiger partial charge < -0.3 is 14.6 Å². The zero-order valence-corrected chi connectivity index (χ0v) is 23.3. The third-order valence-corrected chi connectivity index (χ3v) is 6.92. The van der Waals surface area contributed by atoms with E-state index in [0.29, 0.717) is 42.7 Å². The van der Waals surface area contributed by atoms with Gasteiger partial charge in [0.1, 0.15) is 28.7 Å². The number of esters is 1. The highest BCUT2D eigenvalue weighted by Crippen LogP contribution is 2.26. The van der Waals surface area contributed by atoms with Crippen LogP contribution in [0.3, 0.4) is 0 Å². The summed E-state index contributed by atoms with van der Waals surface area (Å²) in [6.07, 6.45) is 5.07. The van der Waals surface area contributed by atoms with Gasteiger partial charge in [0, 0.05) is 18.8 Å². The monoisotopic (exact) mass is 573 g/mol. The summed E-state index contributed by atoms with van der Waals surface area (Å²) >= 11 is 0. The van der Waals surface area contributed by atoms with Crippen molar-refractivity contribution in [3.8, 4) is 11.5 Å². The Balaban J connectivity index is 1.52. The highest BCUT2D eigenvalue weighted by molar-refractivity contribution is 7.89. The number of benzene rings is 2. The van der Waals surface area contributed by atoms with E-state index in [9.17, 15) is 22.4 Å². The minimum Gasteiger partial charge on any atom is -0.478 e. The maximum absolute atomic E-state index is 14.3. The molecule has 214 valence electrons. The van der Waals surface area contributed by atoms with Gasteiger partial charge in [-0.2, -0.15) is 0 Å². The van der Waals surface area contributed by atoms with E-state index in [2.05, 4.69) is 14.7 Å². The number of unbranched alkanes of at least 4 members (excludes halogenated alkanes) is 2. The quantitative estimate of drug-likeness (QED) is 0.212. The molecule has 3 aromatic rings. The molecule has 12 heteroatoms. The summed E-state index contributed by atoms with van der Waals surface area (Å²) in [5, 5.41) is 8.89. The Morgan fingerprint density at radius 1 is 0.975 bits per heavy atom. The number of carboxylic acids is 1. The number of sulfonamides is 1. The lowest BCUT2D eigenvalue weighted by atomic mass is 10.1. The Labute approximate surface area is 232 Å². The van der Waals surface area contributed by atoms with Gasteiger partial charge in [0.25, 0.3) is 0 Å². The van der Waals surface area contributed by atoms with Crippen molar-refractivity contribution in [2.24, 2.45) is 0 Å². The molecule has 0 radical (unpaired) electrons. The molecular weight excluding hydrogens is 541 g/mol. The smallest absolute Gasteiger partial charge is 0.338 e. The normalized spacial score (nSPS) is 11.7. The zero-order chi connectivity index (χ0) is 29.3. The van der Waals surface area contributed by atoms with Crippen molar-refractivity contribution in [1.82, 2.24) is 14.7 Å². The Kier molecular flexibility index (Phi) is 10.3. The largest absolute Gasteiger partial charge is 0.478 e. The Morgan fingerprint density at radius 3 is 2.25 bits per heavy atom. The Morgan fingerprint density at radius 2 is 1.62 bits per heavy atom. The third kappa shape index (κ3) is 9.69. The summed E-state index contributed by atoms with van der Waals surface area (Å²) in [5.41, 5.74) is -0.136. The standard InChI is InChI=1S/C28H32FN3O7S/c1-28(2,3)39-26(33)8-6-4-5-7-19-15-22(11-14-24(19)29)38-21-9-12-23(13-10-21)40(36,37)32-18-25-30-16-20(17-31-25)27(34)35/h9-17,32H,4-8,18H2,1-3H3,(H,34,35). The minimum atomic E-state index is -3.90. The van der Waals surface area contributed by atoms with Crippen LogP contribution in [0.5, 0.6) is 11.5 Å². The summed E-state index contributed by atoms with van der Waals surface area (Å²) in [7, 11) is -3.90. The first-order chi connectivity index (χ1) is 18.8. The zero-order valence-electron chi connectivity index (χ0n) is 22.5. The number of aryl methyl sites for hydroxylation is 1. The van der Waals surface area contributed by atoms with Gasteiger partial charge in [0.05, 0.1) is 17.0 Å². The van der Waals surface area contributed by atoms with Gasteiger partial charge in [-0.3, -0.25) is 4.79 Å². The molecule has 1 heterocycles. The van der Waals surface area contributed by atoms with E-state index in [1.54, 1.807) is 6.07 Å². The predicted molar refractivity (Wildman–Crippen MR) is 144 cm³/mol. The highest BCUT2D eigenvalue weighted by Gasteiger charge is 2.17. The van der Waals surface area contributed by atoms with Crippen LogP contribution in [-0.4, -0.2) is 41.0 Å². The molecule has 10 nitrogen and oxygen atoms in total. The number of hydrogen-bond donors (Lipinski definition) is 2. The summed E-state index contributed by atoms with van der Waals surface area (Å²) in [6.45, 7) is 5.24. The summed E-state index contributed by atoms with van der Waals surface area (Å²) in [6, 6.07) is 10.1. The maximum atomic E-state index is 14.3. The van der Waals surface area contributed by atoms with Gasteiger partial charge in [0.15, 0.2) is 0 Å². The first kappa shape index (κ1) is 30.6. The average Bonchev–Trinajstić information content (AvgIpc) is 2.88. The van der Waals surface area contributed by atoms with E-state index in [1.807, 2.05) is 20.8 Å². The molecule has 0 saturated carbocycles. The van der Waals surface area contributed by atoms with E-state index in [4.69, 9.17) is 14.6 Å². The number of aromatic carboxylic acids is 1. The molecule has 2 N–H and O–H groups in total. The van der Waals surface area contributed by atoms with Crippen LogP contribution in [0.4, 0.5) is 4.39 Å². The first-order valence-corrected chi connectivity index (χ1v) is 14.1. The molecule has 0 aliphatic heterocycles. The van der Waals surface area contributed by atoms with Crippen LogP contribution in [0.1, 0.15) is 68.2 Å². The van der Waals surface area contributed by atoms with Crippen molar-refractivity contribution in [2.75, 3.05) is 0 Å². The van der Waals surface area contributed by atoms with Crippen molar-refractivity contribution in [1.29, 1.82) is 0 Å². The number of rotatable bonds is 13. The summed E-state index contributed by atoms with van der Waals surface area (Å²) in [4.78, 5) is 30.3. The highest BCUT2D eigenvalue weighted by atomic mass is 32.2. The number of nitrogens with one attached hydrogen (secondary N) is 1. The van der Waals surface area contributed by atoms with E-state index >= 15 is 0 Å². The Hall–Kier alpha value is -3.90. The minimum absolute atomic E-state index is 0.0202. The fraction of sp³-hybridized carbons (Fsp3) is 0.357. The lowest BCUT2D eigenvalue weighted by Crippen LogP contribution is -2.24. The van der Waals surface area contributed by atoms with Gasteiger partial charge in [-0.05, 0) is 88.1 Å². The number of aromatic nitrogens is 2. The third-order valence-electron chi connectivity index (χ3n) is 5.51. The van der Waals surface area contributed by atoms with Crippen molar-refractivity contribution >= 4 is 22.0 Å². The van der Waals surface area contributed by atoms with Crippen molar-refractivity contribution in [2.45, 2.75) is 69.9 Å². The average molecular weight is 574 g/mol. The van der Waals surface area contributed by atoms with Crippen LogP contribution in [-0.2, 0) is 32.5 Å². The van der Waals surface area contributed by atoms with Gasteiger partial charge in [0.2, 0.25) is 10.0 Å². The SMILES string of the molecule is CC(C)(C)OC(=O)CCCCCc1cc(Oc2ccc(S(=O)(=O)NCc3ncc(C(=O)O)cn3)cc2)ccc1F. The van der Waals surface area contributed by atoms with Gasteiger partial charge in [-0.25, -0.2) is 32.3 Å². The number of carbonyl (C=O) groups excluding carboxylic acids is 1. The molecule has 2 aromatic carbocycles. The molecule has 0 amide bonds. The molecule has 0 atom stereocenters. The number of ether oxygens (including phenoxy) is 2. The Bertz CT molecular complexity index is 1420. The molecule has 0 unspecified atom stereocenters. The molecular formula is C28H32FN3O7S. The molecule has 3 rings (SSSR count). The number of halogens is 1. The van der Waals surface area contributed by atoms with Gasteiger partial charge in [-0.15, -0.1) is 0 Å². The van der Waals surface area contributed by atoms with Gasteiger partial charge in [-0.1, -0.05) is 6.42 Å². The van der Waals surface area contributed by atoms with Crippen LogP contribution in [0, 0.1) is 5.82 Å². The maximum Gasteiger partial charge on any atom is 0.338 e. The second kappa shape index (κ2) is 13.4. The second-order valence-corrected chi connectivity index (χ2v) is 11.8. The number of carbonyl (C=O) groups is 2. The van der Waals surface area contributed by atoms with E-state index in [0.717, 1.165) is 18.8 Å². The molecule has 0 aliphatic carbocycles. The molecule has 40 heavy (non-hydrogen) atoms. The van der Waals surface area contributed by atoms with Crippen molar-refractivity contribution in [3.05, 3.63) is 77.6 Å². The fourth-order valence-corrected chi connectivity index (χ4v) is 4.56. The predicted octanol–water partition coefficient (Wildman–Crippen LogP) is 5.03. The molecule has 0 bridgehead atoms. The van der Waals surface area contributed by atoms with E-state index in [-0.39, 0.29) is 34.6 Å². The van der Waals surface area contributed by atoms with E-state index in [1.165, 1.54) is 36.4 Å². The van der Waals surface area contributed by atoms with E-state index < -0.39 is 21.6 Å². The fourth-order valence-electron chi connectivity index (χ4n) is 3.58. The number of nitrogens with zero attached hydrogens (tertiary/aromatic N) is 2. The van der Waals surface area contributed by atoms with Crippen molar-refractivity contribution in [3.63, 3.8) is 0 Å². The molecule has 1 aromatic heterocycles. The topological polar surface area (TPSA) is 145 Å². The molecule has 0 fully saturated rings. The lowest BCUT2D eigenvalue weighted by Gasteiger charge is -2.19. The molecule has 0 aliphatic rings. The molecule has 0 spiro atoms. The van der Waals surface area contributed by atoms with Crippen molar-refractivity contribution < 1.29 is 37.0 Å². The molecule has 0 saturated heterocycles. The summed E-state index contributed by atoms with van der Waals surface area (Å²) in [5.74, 6) is -0.900. The van der Waals surface area contributed by atoms with Crippen LogP contribution in [0.15, 0.2) is 59.8 Å². The second-order valence-electron chi connectivity index (χ2n) is 9.99. The number of carboxylic acid groups (broad SMARTS) is 1. The first-order valence-electron chi connectivity index (χ1n) is 12.6. The summed E-state index contributed by atoms with van der Waals surface area (Å²) < 4.78 is 53.0. The van der Waals surface area contributed by atoms with Gasteiger partial charge >= 0.3 is 11.9 Å². The van der Waals surface area contributed by atoms with Crippen LogP contribution < -0.4 is 9.46 Å². The lowest BCUT2D eigenvalue weighted by molar-refractivity contribution is -0.154. The van der Waals surface area contributed by atoms with Crippen LogP contribution in [0.2, 0.25) is 0 Å². The van der Waals surface area contributed by atoms with Crippen LogP contribution >= 0.6 is 0 Å². The van der Waals surface area contributed by atoms with Crippen LogP contribution in [0.25, 0.3) is 0 Å². The number of hydrogen-bond acceptors (Lipinski definition) is 8.